The zero-order valence-corrected chi connectivity index (χ0v) is 11.8. The summed E-state index contributed by atoms with van der Waals surface area (Å²) in [6, 6.07) is 7.01. The minimum atomic E-state index is -0.936. The van der Waals surface area contributed by atoms with Crippen LogP contribution in [0.1, 0.15) is 37.6 Å². The highest BCUT2D eigenvalue weighted by atomic mass is 16.5. The van der Waals surface area contributed by atoms with E-state index in [2.05, 4.69) is 26.1 Å². The van der Waals surface area contributed by atoms with Crippen molar-refractivity contribution in [1.82, 2.24) is 5.32 Å². The fourth-order valence-corrected chi connectivity index (χ4v) is 1.73. The summed E-state index contributed by atoms with van der Waals surface area (Å²) in [4.78, 5) is 10.8. The summed E-state index contributed by atoms with van der Waals surface area (Å²) in [6.45, 7) is 7.84. The fourth-order valence-electron chi connectivity index (χ4n) is 1.73. The van der Waals surface area contributed by atoms with Crippen molar-refractivity contribution in [2.45, 2.75) is 33.2 Å². The van der Waals surface area contributed by atoms with Gasteiger partial charge in [-0.15, -0.1) is 0 Å². The van der Waals surface area contributed by atoms with Gasteiger partial charge in [0.05, 0.1) is 5.56 Å². The molecule has 0 aliphatic rings. The highest BCUT2D eigenvalue weighted by molar-refractivity contribution is 5.87. The Kier molecular flexibility index (Phi) is 6.36. The summed E-state index contributed by atoms with van der Waals surface area (Å²) in [5.74, 6) is 0.294. The second kappa shape index (κ2) is 7.79. The molecule has 2 atom stereocenters. The third-order valence-corrected chi connectivity index (χ3v) is 3.42. The van der Waals surface area contributed by atoms with Gasteiger partial charge >= 0.3 is 5.97 Å². The molecule has 1 aromatic rings. The van der Waals surface area contributed by atoms with Crippen LogP contribution in [0.3, 0.4) is 0 Å². The molecule has 0 saturated carbocycles. The number of carboxylic acid groups (broad SMARTS) is 1. The normalized spacial score (nSPS) is 13.8. The smallest absolute Gasteiger partial charge is 0.335 e. The van der Waals surface area contributed by atoms with Crippen LogP contribution in [0, 0.1) is 5.92 Å². The van der Waals surface area contributed by atoms with Crippen LogP contribution in [0.2, 0.25) is 0 Å². The van der Waals surface area contributed by atoms with Crippen molar-refractivity contribution in [3.63, 3.8) is 0 Å². The number of aromatic carboxylic acids is 1. The lowest BCUT2D eigenvalue weighted by Gasteiger charge is -2.19. The van der Waals surface area contributed by atoms with Gasteiger partial charge in [-0.1, -0.05) is 26.3 Å². The van der Waals surface area contributed by atoms with E-state index in [1.807, 2.05) is 0 Å². The van der Waals surface area contributed by atoms with Gasteiger partial charge in [0.15, 0.2) is 0 Å². The molecule has 1 rings (SSSR count). The minimum absolute atomic E-state index is 0.249. The van der Waals surface area contributed by atoms with Crippen LogP contribution in [-0.2, 0) is 0 Å². The average molecular weight is 265 g/mol. The van der Waals surface area contributed by atoms with Crippen molar-refractivity contribution in [2.24, 2.45) is 5.92 Å². The number of nitrogens with one attached hydrogen (secondary N) is 1. The average Bonchev–Trinajstić information content (AvgIpc) is 2.42. The number of hydrogen-bond donors (Lipinski definition) is 2. The maximum atomic E-state index is 10.8. The van der Waals surface area contributed by atoms with Gasteiger partial charge in [0.25, 0.3) is 0 Å². The predicted molar refractivity (Wildman–Crippen MR) is 75.8 cm³/mol. The molecule has 0 aliphatic carbocycles. The van der Waals surface area contributed by atoms with Gasteiger partial charge in [0.1, 0.15) is 12.4 Å². The molecule has 0 saturated heterocycles. The third kappa shape index (κ3) is 5.30. The molecule has 19 heavy (non-hydrogen) atoms. The van der Waals surface area contributed by atoms with Crippen LogP contribution in [-0.4, -0.2) is 30.3 Å². The quantitative estimate of drug-likeness (QED) is 0.710. The van der Waals surface area contributed by atoms with Gasteiger partial charge in [-0.25, -0.2) is 4.79 Å². The number of carboxylic acids is 1. The van der Waals surface area contributed by atoms with Crippen molar-refractivity contribution in [1.29, 1.82) is 0 Å². The van der Waals surface area contributed by atoms with Gasteiger partial charge < -0.3 is 15.2 Å². The van der Waals surface area contributed by atoms with Gasteiger partial charge in [0, 0.05) is 12.6 Å². The fraction of sp³-hybridized carbons (Fsp3) is 0.533. The lowest BCUT2D eigenvalue weighted by atomic mass is 10.0. The van der Waals surface area contributed by atoms with Gasteiger partial charge in [-0.3, -0.25) is 0 Å². The summed E-state index contributed by atoms with van der Waals surface area (Å²) in [5.41, 5.74) is 0.249. The largest absolute Gasteiger partial charge is 0.492 e. The predicted octanol–water partition coefficient (Wildman–Crippen LogP) is 2.79. The maximum Gasteiger partial charge on any atom is 0.335 e. The number of ether oxygens (including phenoxy) is 1. The van der Waals surface area contributed by atoms with Crippen LogP contribution >= 0.6 is 0 Å². The zero-order chi connectivity index (χ0) is 14.3. The van der Waals surface area contributed by atoms with Gasteiger partial charge in [-0.05, 0) is 31.0 Å². The van der Waals surface area contributed by atoms with Crippen molar-refractivity contribution in [3.05, 3.63) is 29.8 Å². The Morgan fingerprint density at radius 2 is 2.16 bits per heavy atom. The summed E-state index contributed by atoms with van der Waals surface area (Å²) in [7, 11) is 0. The molecule has 2 unspecified atom stereocenters. The van der Waals surface area contributed by atoms with Gasteiger partial charge in [0.2, 0.25) is 0 Å². The first-order chi connectivity index (χ1) is 9.04. The first kappa shape index (κ1) is 15.5. The molecule has 1 aromatic carbocycles. The van der Waals surface area contributed by atoms with Crippen LogP contribution in [0.25, 0.3) is 0 Å². The van der Waals surface area contributed by atoms with Crippen molar-refractivity contribution >= 4 is 5.97 Å². The SMILES string of the molecule is CCC(C)C(C)NCCOc1cccc(C(=O)O)c1. The Morgan fingerprint density at radius 3 is 2.79 bits per heavy atom. The molecule has 0 spiro atoms. The highest BCUT2D eigenvalue weighted by Crippen LogP contribution is 2.13. The number of benzene rings is 1. The summed E-state index contributed by atoms with van der Waals surface area (Å²) < 4.78 is 5.53. The highest BCUT2D eigenvalue weighted by Gasteiger charge is 2.08. The van der Waals surface area contributed by atoms with Gasteiger partial charge in [-0.2, -0.15) is 0 Å². The Labute approximate surface area is 114 Å². The van der Waals surface area contributed by atoms with Crippen LogP contribution in [0.5, 0.6) is 5.75 Å². The van der Waals surface area contributed by atoms with E-state index >= 15 is 0 Å². The molecule has 0 aromatic heterocycles. The third-order valence-electron chi connectivity index (χ3n) is 3.42. The number of rotatable bonds is 8. The molecule has 106 valence electrons. The van der Waals surface area contributed by atoms with E-state index in [1.165, 1.54) is 0 Å². The lowest BCUT2D eigenvalue weighted by molar-refractivity contribution is 0.0696. The molecule has 0 bridgehead atoms. The number of carbonyl (C=O) groups is 1. The first-order valence-corrected chi connectivity index (χ1v) is 6.74. The Balaban J connectivity index is 2.33. The molecule has 4 nitrogen and oxygen atoms in total. The van der Waals surface area contributed by atoms with Crippen LogP contribution in [0.4, 0.5) is 0 Å². The monoisotopic (exact) mass is 265 g/mol. The van der Waals surface area contributed by atoms with E-state index in [4.69, 9.17) is 9.84 Å². The first-order valence-electron chi connectivity index (χ1n) is 6.74. The molecule has 0 amide bonds. The van der Waals surface area contributed by atoms with E-state index in [0.717, 1.165) is 13.0 Å². The van der Waals surface area contributed by atoms with Crippen molar-refractivity contribution in [3.8, 4) is 5.75 Å². The summed E-state index contributed by atoms with van der Waals surface area (Å²) in [6.07, 6.45) is 1.15. The van der Waals surface area contributed by atoms with E-state index < -0.39 is 5.97 Å². The molecule has 2 N–H and O–H groups in total. The second-order valence-electron chi connectivity index (χ2n) is 4.81. The molecule has 0 aliphatic heterocycles. The van der Waals surface area contributed by atoms with E-state index in [-0.39, 0.29) is 5.56 Å². The van der Waals surface area contributed by atoms with E-state index in [0.29, 0.717) is 24.3 Å². The minimum Gasteiger partial charge on any atom is -0.492 e. The number of hydrogen-bond acceptors (Lipinski definition) is 3. The molecule has 0 fully saturated rings. The summed E-state index contributed by atoms with van der Waals surface area (Å²) in [5, 5.41) is 12.3. The van der Waals surface area contributed by atoms with Crippen LogP contribution in [0.15, 0.2) is 24.3 Å². The molecule has 0 radical (unpaired) electrons. The van der Waals surface area contributed by atoms with E-state index in [1.54, 1.807) is 24.3 Å². The second-order valence-corrected chi connectivity index (χ2v) is 4.81. The molecule has 0 heterocycles. The molecular weight excluding hydrogens is 242 g/mol. The topological polar surface area (TPSA) is 58.6 Å². The van der Waals surface area contributed by atoms with Crippen LogP contribution < -0.4 is 10.1 Å². The van der Waals surface area contributed by atoms with Crippen molar-refractivity contribution < 1.29 is 14.6 Å². The Bertz CT molecular complexity index is 406. The van der Waals surface area contributed by atoms with Crippen molar-refractivity contribution in [2.75, 3.05) is 13.2 Å². The van der Waals surface area contributed by atoms with E-state index in [9.17, 15) is 4.79 Å². The maximum absolute atomic E-state index is 10.8. The molecule has 4 heteroatoms. The zero-order valence-electron chi connectivity index (χ0n) is 11.8. The Morgan fingerprint density at radius 1 is 1.42 bits per heavy atom. The lowest BCUT2D eigenvalue weighted by Crippen LogP contribution is -2.34. The molecular formula is C15H23NO3. The summed E-state index contributed by atoms with van der Waals surface area (Å²) >= 11 is 0. The Hall–Kier alpha value is -1.55. The standard InChI is InChI=1S/C15H23NO3/c1-4-11(2)12(3)16-8-9-19-14-7-5-6-13(10-14)15(17)18/h5-7,10-12,16H,4,8-9H2,1-3H3,(H,17,18).